The lowest BCUT2D eigenvalue weighted by Gasteiger charge is -2.32. The molecule has 1 N–H and O–H groups in total. The molecule has 1 aromatic rings. The summed E-state index contributed by atoms with van der Waals surface area (Å²) in [6.45, 7) is 6.74. The van der Waals surface area contributed by atoms with Gasteiger partial charge in [-0.2, -0.15) is 0 Å². The van der Waals surface area contributed by atoms with E-state index in [4.69, 9.17) is 9.84 Å². The summed E-state index contributed by atoms with van der Waals surface area (Å²) in [4.78, 5) is 28.0. The van der Waals surface area contributed by atoms with Crippen LogP contribution in [0.2, 0.25) is 0 Å². The van der Waals surface area contributed by atoms with Crippen LogP contribution < -0.4 is 4.90 Å². The third-order valence-electron chi connectivity index (χ3n) is 4.20. The second kappa shape index (κ2) is 8.70. The molecule has 1 aromatic heterocycles. The topological polar surface area (TPSA) is 66.8 Å². The van der Waals surface area contributed by atoms with E-state index in [1.807, 2.05) is 26.8 Å². The number of rotatable bonds is 5. The molecule has 5 nitrogen and oxygen atoms in total. The summed E-state index contributed by atoms with van der Waals surface area (Å²) in [6.07, 6.45) is 2.98. The van der Waals surface area contributed by atoms with Gasteiger partial charge in [0.15, 0.2) is 0 Å². The van der Waals surface area contributed by atoms with Crippen LogP contribution in [0, 0.1) is 23.2 Å². The molecule has 0 saturated carbocycles. The van der Waals surface area contributed by atoms with Crippen molar-refractivity contribution in [1.29, 1.82) is 0 Å². The molecule has 1 atom stereocenters. The van der Waals surface area contributed by atoms with E-state index in [1.54, 1.807) is 4.90 Å². The zero-order valence-electron chi connectivity index (χ0n) is 15.9. The number of ether oxygens (including phenoxy) is 1. The fourth-order valence-corrected chi connectivity index (χ4v) is 3.86. The number of anilines is 1. The SMILES string of the molecule is COC(=O)c1sc(C#CC(C)(C)C)cc1N1CCCC(CCCO)C1=O. The predicted molar refractivity (Wildman–Crippen MR) is 103 cm³/mol. The number of esters is 1. The Labute approximate surface area is 159 Å². The van der Waals surface area contributed by atoms with Gasteiger partial charge in [-0.05, 0) is 52.5 Å². The average Bonchev–Trinajstić information content (AvgIpc) is 3.02. The maximum absolute atomic E-state index is 12.9. The van der Waals surface area contributed by atoms with Crippen LogP contribution in [0.3, 0.4) is 0 Å². The Morgan fingerprint density at radius 3 is 2.81 bits per heavy atom. The summed E-state index contributed by atoms with van der Waals surface area (Å²) in [5.74, 6) is 5.74. The highest BCUT2D eigenvalue weighted by molar-refractivity contribution is 7.15. The highest BCUT2D eigenvalue weighted by Gasteiger charge is 2.32. The van der Waals surface area contributed by atoms with Crippen LogP contribution in [0.15, 0.2) is 6.07 Å². The molecule has 26 heavy (non-hydrogen) atoms. The number of carbonyl (C=O) groups excluding carboxylic acids is 2. The summed E-state index contributed by atoms with van der Waals surface area (Å²) in [6, 6.07) is 1.82. The maximum atomic E-state index is 12.9. The second-order valence-corrected chi connectivity index (χ2v) is 8.56. The molecule has 1 aliphatic rings. The van der Waals surface area contributed by atoms with Gasteiger partial charge in [0, 0.05) is 24.5 Å². The molecule has 1 saturated heterocycles. The van der Waals surface area contributed by atoms with Crippen molar-refractivity contribution in [2.45, 2.75) is 46.5 Å². The van der Waals surface area contributed by atoms with E-state index in [1.165, 1.54) is 18.4 Å². The van der Waals surface area contributed by atoms with Gasteiger partial charge in [-0.25, -0.2) is 4.79 Å². The Morgan fingerprint density at radius 2 is 2.19 bits per heavy atom. The first kappa shape index (κ1) is 20.5. The van der Waals surface area contributed by atoms with E-state index in [0.717, 1.165) is 17.7 Å². The number of thiophene rings is 1. The maximum Gasteiger partial charge on any atom is 0.350 e. The molecule has 1 fully saturated rings. The summed E-state index contributed by atoms with van der Waals surface area (Å²) in [7, 11) is 1.34. The van der Waals surface area contributed by atoms with E-state index in [2.05, 4.69) is 11.8 Å². The van der Waals surface area contributed by atoms with Gasteiger partial charge in [-0.15, -0.1) is 11.3 Å². The van der Waals surface area contributed by atoms with Crippen molar-refractivity contribution in [3.8, 4) is 11.8 Å². The summed E-state index contributed by atoms with van der Waals surface area (Å²) < 4.78 is 4.91. The van der Waals surface area contributed by atoms with Gasteiger partial charge in [0.05, 0.1) is 17.7 Å². The fourth-order valence-electron chi connectivity index (χ4n) is 2.93. The van der Waals surface area contributed by atoms with Crippen molar-refractivity contribution in [3.05, 3.63) is 15.8 Å². The number of aliphatic hydroxyl groups excluding tert-OH is 1. The summed E-state index contributed by atoms with van der Waals surface area (Å²) in [5, 5.41) is 9.04. The number of aliphatic hydroxyl groups is 1. The molecule has 1 aliphatic heterocycles. The predicted octanol–water partition coefficient (Wildman–Crippen LogP) is 3.45. The smallest absolute Gasteiger partial charge is 0.350 e. The van der Waals surface area contributed by atoms with E-state index in [0.29, 0.717) is 30.0 Å². The first-order chi connectivity index (χ1) is 12.3. The number of carbonyl (C=O) groups is 2. The number of amides is 1. The van der Waals surface area contributed by atoms with Crippen molar-refractivity contribution in [1.82, 2.24) is 0 Å². The van der Waals surface area contributed by atoms with Crippen molar-refractivity contribution >= 4 is 28.9 Å². The first-order valence-electron chi connectivity index (χ1n) is 8.94. The van der Waals surface area contributed by atoms with E-state index < -0.39 is 5.97 Å². The second-order valence-electron chi connectivity index (χ2n) is 7.51. The van der Waals surface area contributed by atoms with Gasteiger partial charge in [0.2, 0.25) is 5.91 Å². The summed E-state index contributed by atoms with van der Waals surface area (Å²) in [5.41, 5.74) is 0.449. The third kappa shape index (κ3) is 5.09. The number of piperidine rings is 1. The van der Waals surface area contributed by atoms with E-state index in [9.17, 15) is 9.59 Å². The zero-order valence-corrected chi connectivity index (χ0v) is 16.7. The van der Waals surface area contributed by atoms with Crippen molar-refractivity contribution < 1.29 is 19.4 Å². The molecule has 2 rings (SSSR count). The number of methoxy groups -OCH3 is 1. The molecule has 0 bridgehead atoms. The molecule has 142 valence electrons. The molecule has 6 heteroatoms. The molecular formula is C20H27NO4S. The Hall–Kier alpha value is -1.84. The normalized spacial score (nSPS) is 17.7. The number of nitrogens with zero attached hydrogens (tertiary/aromatic N) is 1. The van der Waals surface area contributed by atoms with E-state index >= 15 is 0 Å². The Morgan fingerprint density at radius 1 is 1.46 bits per heavy atom. The molecule has 0 spiro atoms. The largest absolute Gasteiger partial charge is 0.465 e. The van der Waals surface area contributed by atoms with Crippen LogP contribution in [-0.4, -0.2) is 37.2 Å². The van der Waals surface area contributed by atoms with Gasteiger partial charge in [-0.1, -0.05) is 11.8 Å². The molecular weight excluding hydrogens is 350 g/mol. The Kier molecular flexibility index (Phi) is 6.85. The van der Waals surface area contributed by atoms with Gasteiger partial charge < -0.3 is 14.7 Å². The van der Waals surface area contributed by atoms with Gasteiger partial charge in [0.25, 0.3) is 0 Å². The molecule has 1 unspecified atom stereocenters. The highest BCUT2D eigenvalue weighted by atomic mass is 32.1. The van der Waals surface area contributed by atoms with Crippen LogP contribution >= 0.6 is 11.3 Å². The minimum Gasteiger partial charge on any atom is -0.465 e. The Balaban J connectivity index is 2.36. The Bertz CT molecular complexity index is 720. The molecule has 0 aromatic carbocycles. The van der Waals surface area contributed by atoms with Crippen molar-refractivity contribution in [3.63, 3.8) is 0 Å². The fraction of sp³-hybridized carbons (Fsp3) is 0.600. The first-order valence-corrected chi connectivity index (χ1v) is 9.76. The van der Waals surface area contributed by atoms with Gasteiger partial charge in [0.1, 0.15) is 4.88 Å². The number of hydrogen-bond donors (Lipinski definition) is 1. The molecule has 1 amide bonds. The minimum atomic E-state index is -0.445. The molecule has 2 heterocycles. The monoisotopic (exact) mass is 377 g/mol. The summed E-state index contributed by atoms with van der Waals surface area (Å²) >= 11 is 1.27. The van der Waals surface area contributed by atoms with Crippen molar-refractivity contribution in [2.24, 2.45) is 11.3 Å². The van der Waals surface area contributed by atoms with Crippen LogP contribution in [-0.2, 0) is 9.53 Å². The van der Waals surface area contributed by atoms with Crippen molar-refractivity contribution in [2.75, 3.05) is 25.2 Å². The van der Waals surface area contributed by atoms with Crippen LogP contribution in [0.1, 0.15) is 61.0 Å². The van der Waals surface area contributed by atoms with Crippen LogP contribution in [0.5, 0.6) is 0 Å². The van der Waals surface area contributed by atoms with Crippen LogP contribution in [0.4, 0.5) is 5.69 Å². The highest BCUT2D eigenvalue weighted by Crippen LogP contribution is 2.35. The lowest BCUT2D eigenvalue weighted by Crippen LogP contribution is -2.41. The third-order valence-corrected chi connectivity index (χ3v) is 5.21. The lowest BCUT2D eigenvalue weighted by molar-refractivity contribution is -0.124. The lowest BCUT2D eigenvalue weighted by atomic mass is 9.92. The molecule has 0 aliphatic carbocycles. The average molecular weight is 378 g/mol. The molecule has 0 radical (unpaired) electrons. The quantitative estimate of drug-likeness (QED) is 0.630. The standard InChI is InChI=1S/C20H27NO4S/c1-20(2,3)10-9-15-13-16(17(26-15)19(24)25-4)21-11-5-7-14(18(21)23)8-6-12-22/h13-14,22H,5-8,11-12H2,1-4H3. The van der Waals surface area contributed by atoms with Gasteiger partial charge in [-0.3, -0.25) is 4.79 Å². The zero-order chi connectivity index (χ0) is 19.3. The van der Waals surface area contributed by atoms with Gasteiger partial charge >= 0.3 is 5.97 Å². The van der Waals surface area contributed by atoms with E-state index in [-0.39, 0.29) is 23.8 Å². The minimum absolute atomic E-state index is 0.0167. The van der Waals surface area contributed by atoms with Crippen LogP contribution in [0.25, 0.3) is 0 Å². The number of hydrogen-bond acceptors (Lipinski definition) is 5.